The van der Waals surface area contributed by atoms with Crippen molar-refractivity contribution in [2.45, 2.75) is 38.6 Å². The molecule has 25 heavy (non-hydrogen) atoms. The zero-order valence-corrected chi connectivity index (χ0v) is 18.1. The van der Waals surface area contributed by atoms with Crippen LogP contribution in [0.3, 0.4) is 0 Å². The fraction of sp³-hybridized carbons (Fsp3) is 0.632. The molecule has 0 amide bonds. The number of nitrogens with one attached hydrogen (secondary N) is 2. The van der Waals surface area contributed by atoms with Gasteiger partial charge in [-0.05, 0) is 44.7 Å². The summed E-state index contributed by atoms with van der Waals surface area (Å²) in [5, 5.41) is 6.97. The third kappa shape index (κ3) is 7.81. The van der Waals surface area contributed by atoms with Gasteiger partial charge in [0.05, 0.1) is 0 Å². The molecule has 0 spiro atoms. The van der Waals surface area contributed by atoms with Gasteiger partial charge in [0.1, 0.15) is 0 Å². The Kier molecular flexibility index (Phi) is 10.9. The second-order valence-corrected chi connectivity index (χ2v) is 6.46. The van der Waals surface area contributed by atoms with E-state index in [0.717, 1.165) is 51.5 Å². The van der Waals surface area contributed by atoms with Gasteiger partial charge in [-0.3, -0.25) is 4.99 Å². The molecule has 142 valence electrons. The van der Waals surface area contributed by atoms with Crippen LogP contribution in [0, 0.1) is 6.92 Å². The van der Waals surface area contributed by atoms with Crippen molar-refractivity contribution in [3.05, 3.63) is 29.8 Å². The molecule has 1 unspecified atom stereocenters. The number of rotatable bonds is 8. The number of aryl methyl sites for hydroxylation is 1. The van der Waals surface area contributed by atoms with Gasteiger partial charge in [-0.2, -0.15) is 0 Å². The van der Waals surface area contributed by atoms with Crippen molar-refractivity contribution >= 4 is 35.6 Å². The van der Waals surface area contributed by atoms with Crippen molar-refractivity contribution < 1.29 is 4.74 Å². The van der Waals surface area contributed by atoms with E-state index < -0.39 is 0 Å². The van der Waals surface area contributed by atoms with Crippen molar-refractivity contribution in [3.8, 4) is 0 Å². The van der Waals surface area contributed by atoms with E-state index >= 15 is 0 Å². The van der Waals surface area contributed by atoms with E-state index in [9.17, 15) is 0 Å². The highest BCUT2D eigenvalue weighted by molar-refractivity contribution is 14.0. The van der Waals surface area contributed by atoms with Crippen molar-refractivity contribution in [2.24, 2.45) is 4.99 Å². The van der Waals surface area contributed by atoms with E-state index in [2.05, 4.69) is 51.7 Å². The average molecular weight is 460 g/mol. The summed E-state index contributed by atoms with van der Waals surface area (Å²) in [5.41, 5.74) is 2.62. The molecule has 0 radical (unpaired) electrons. The highest BCUT2D eigenvalue weighted by Crippen LogP contribution is 2.20. The van der Waals surface area contributed by atoms with Gasteiger partial charge in [-0.25, -0.2) is 0 Å². The summed E-state index contributed by atoms with van der Waals surface area (Å²) < 4.78 is 5.07. The molecule has 0 aromatic heterocycles. The van der Waals surface area contributed by atoms with E-state index in [1.165, 1.54) is 17.7 Å². The number of ether oxygens (including phenoxy) is 1. The largest absolute Gasteiger partial charge is 0.385 e. The first-order valence-corrected chi connectivity index (χ1v) is 9.00. The third-order valence-corrected chi connectivity index (χ3v) is 4.47. The van der Waals surface area contributed by atoms with Crippen LogP contribution in [0.25, 0.3) is 0 Å². The van der Waals surface area contributed by atoms with E-state index in [0.29, 0.717) is 6.04 Å². The third-order valence-electron chi connectivity index (χ3n) is 4.47. The van der Waals surface area contributed by atoms with Crippen LogP contribution in [0.2, 0.25) is 0 Å². The minimum Gasteiger partial charge on any atom is -0.385 e. The first kappa shape index (κ1) is 22.0. The summed E-state index contributed by atoms with van der Waals surface area (Å²) in [6.45, 7) is 6.05. The Bertz CT molecular complexity index is 507. The zero-order valence-electron chi connectivity index (χ0n) is 15.8. The molecule has 1 aromatic carbocycles. The Morgan fingerprint density at radius 3 is 2.68 bits per heavy atom. The lowest BCUT2D eigenvalue weighted by Gasteiger charge is -2.20. The highest BCUT2D eigenvalue weighted by atomic mass is 127. The standard InChI is InChI=1S/C19H32N4O.HI/c1-16-7-9-18(10-8-16)23-13-11-17(15-23)22-19(20-2)21-12-5-4-6-14-24-3;/h7-10,17H,4-6,11-15H2,1-3H3,(H2,20,21,22);1H. The maximum atomic E-state index is 5.07. The molecule has 1 saturated heterocycles. The number of anilines is 1. The summed E-state index contributed by atoms with van der Waals surface area (Å²) in [5.74, 6) is 0.914. The molecule has 6 heteroatoms. The van der Waals surface area contributed by atoms with Crippen LogP contribution in [0.15, 0.2) is 29.3 Å². The van der Waals surface area contributed by atoms with Gasteiger partial charge in [-0.15, -0.1) is 24.0 Å². The number of unbranched alkanes of at least 4 members (excludes halogenated alkanes) is 2. The van der Waals surface area contributed by atoms with E-state index in [1.807, 2.05) is 7.05 Å². The molecule has 5 nitrogen and oxygen atoms in total. The molecule has 0 aliphatic carbocycles. The van der Waals surface area contributed by atoms with E-state index in [4.69, 9.17) is 4.74 Å². The molecule has 1 fully saturated rings. The first-order valence-electron chi connectivity index (χ1n) is 9.00. The summed E-state index contributed by atoms with van der Waals surface area (Å²) in [6.07, 6.45) is 4.59. The van der Waals surface area contributed by atoms with E-state index in [1.54, 1.807) is 7.11 Å². The summed E-state index contributed by atoms with van der Waals surface area (Å²) in [7, 11) is 3.60. The summed E-state index contributed by atoms with van der Waals surface area (Å²) in [6, 6.07) is 9.24. The van der Waals surface area contributed by atoms with Crippen molar-refractivity contribution in [1.29, 1.82) is 0 Å². The van der Waals surface area contributed by atoms with Crippen LogP contribution in [0.5, 0.6) is 0 Å². The molecular formula is C19H33IN4O. The quantitative estimate of drug-likeness (QED) is 0.271. The predicted molar refractivity (Wildman–Crippen MR) is 117 cm³/mol. The SMILES string of the molecule is CN=C(NCCCCCOC)NC1CCN(c2ccc(C)cc2)C1.I. The maximum Gasteiger partial charge on any atom is 0.191 e. The number of hydrogen-bond acceptors (Lipinski definition) is 3. The minimum atomic E-state index is 0. The number of benzene rings is 1. The lowest BCUT2D eigenvalue weighted by molar-refractivity contribution is 0.192. The molecule has 2 N–H and O–H groups in total. The smallest absolute Gasteiger partial charge is 0.191 e. The summed E-state index contributed by atoms with van der Waals surface area (Å²) in [4.78, 5) is 6.79. The predicted octanol–water partition coefficient (Wildman–Crippen LogP) is 3.17. The number of guanidine groups is 1. The van der Waals surface area contributed by atoms with Crippen LogP contribution in [-0.4, -0.2) is 52.4 Å². The lowest BCUT2D eigenvalue weighted by atomic mass is 10.2. The Balaban J connectivity index is 0.00000312. The van der Waals surface area contributed by atoms with Gasteiger partial charge in [0.2, 0.25) is 0 Å². The molecule has 1 aromatic rings. The molecule has 1 aliphatic rings. The monoisotopic (exact) mass is 460 g/mol. The van der Waals surface area contributed by atoms with Crippen LogP contribution in [0.1, 0.15) is 31.2 Å². The Hall–Kier alpha value is -1.02. The van der Waals surface area contributed by atoms with Crippen LogP contribution >= 0.6 is 24.0 Å². The van der Waals surface area contributed by atoms with Gasteiger partial charge in [0, 0.05) is 52.1 Å². The fourth-order valence-electron chi connectivity index (χ4n) is 3.01. The molecule has 1 heterocycles. The van der Waals surface area contributed by atoms with Crippen molar-refractivity contribution in [2.75, 3.05) is 45.3 Å². The second-order valence-electron chi connectivity index (χ2n) is 6.46. The van der Waals surface area contributed by atoms with E-state index in [-0.39, 0.29) is 24.0 Å². The fourth-order valence-corrected chi connectivity index (χ4v) is 3.01. The second kappa shape index (κ2) is 12.4. The molecule has 2 rings (SSSR count). The molecule has 1 aliphatic heterocycles. The molecule has 0 bridgehead atoms. The molecule has 1 atom stereocenters. The topological polar surface area (TPSA) is 48.9 Å². The zero-order chi connectivity index (χ0) is 17.2. The van der Waals surface area contributed by atoms with Crippen LogP contribution in [-0.2, 0) is 4.74 Å². The summed E-state index contributed by atoms with van der Waals surface area (Å²) >= 11 is 0. The number of methoxy groups -OCH3 is 1. The Labute approximate surface area is 169 Å². The van der Waals surface area contributed by atoms with Crippen LogP contribution in [0.4, 0.5) is 5.69 Å². The van der Waals surface area contributed by atoms with Crippen LogP contribution < -0.4 is 15.5 Å². The first-order chi connectivity index (χ1) is 11.7. The van der Waals surface area contributed by atoms with Crippen molar-refractivity contribution in [1.82, 2.24) is 10.6 Å². The van der Waals surface area contributed by atoms with Gasteiger partial charge in [0.25, 0.3) is 0 Å². The normalized spacial score (nSPS) is 17.3. The van der Waals surface area contributed by atoms with Gasteiger partial charge in [0.15, 0.2) is 5.96 Å². The maximum absolute atomic E-state index is 5.07. The average Bonchev–Trinajstić information content (AvgIpc) is 3.06. The Morgan fingerprint density at radius 1 is 1.24 bits per heavy atom. The Morgan fingerprint density at radius 2 is 2.00 bits per heavy atom. The molecule has 0 saturated carbocycles. The van der Waals surface area contributed by atoms with Gasteiger partial charge < -0.3 is 20.3 Å². The number of hydrogen-bond donors (Lipinski definition) is 2. The minimum absolute atomic E-state index is 0. The highest BCUT2D eigenvalue weighted by Gasteiger charge is 2.23. The number of halogens is 1. The van der Waals surface area contributed by atoms with Crippen molar-refractivity contribution in [3.63, 3.8) is 0 Å². The lowest BCUT2D eigenvalue weighted by Crippen LogP contribution is -2.44. The number of nitrogens with zero attached hydrogens (tertiary/aromatic N) is 2. The van der Waals surface area contributed by atoms with Gasteiger partial charge >= 0.3 is 0 Å². The molecular weight excluding hydrogens is 427 g/mol. The van der Waals surface area contributed by atoms with Gasteiger partial charge in [-0.1, -0.05) is 17.7 Å². The number of aliphatic imine (C=N–C) groups is 1.